The van der Waals surface area contributed by atoms with E-state index >= 15 is 0 Å². The van der Waals surface area contributed by atoms with E-state index in [0.717, 1.165) is 13.1 Å². The van der Waals surface area contributed by atoms with E-state index in [0.29, 0.717) is 0 Å². The zero-order valence-corrected chi connectivity index (χ0v) is 8.48. The van der Waals surface area contributed by atoms with Gasteiger partial charge in [0.25, 0.3) is 0 Å². The maximum atomic E-state index is 9.62. The van der Waals surface area contributed by atoms with Crippen molar-refractivity contribution >= 4 is 0 Å². The molecule has 2 rings (SSSR count). The largest absolute Gasteiger partial charge is 1.00 e. The molecule has 0 amide bonds. The Kier molecular flexibility index (Phi) is 2.72. The minimum atomic E-state index is -0.336. The molecule has 0 aromatic rings. The molecule has 2 nitrogen and oxygen atoms in total. The molecular formula is C9H18ClNO. The molecule has 0 saturated carbocycles. The van der Waals surface area contributed by atoms with Crippen molar-refractivity contribution in [2.24, 2.45) is 0 Å². The number of nitrogens with zero attached hydrogens (tertiary/aromatic N) is 1. The third-order valence-corrected chi connectivity index (χ3v) is 3.12. The molecule has 12 heavy (non-hydrogen) atoms. The second-order valence-corrected chi connectivity index (χ2v) is 4.66. The van der Waals surface area contributed by atoms with E-state index in [4.69, 9.17) is 0 Å². The molecule has 2 aliphatic rings. The van der Waals surface area contributed by atoms with Gasteiger partial charge in [-0.25, -0.2) is 0 Å². The molecule has 1 N–H and O–H groups in total. The molecule has 72 valence electrons. The Labute approximate surface area is 80.6 Å². The number of aliphatic hydroxyl groups is 1. The van der Waals surface area contributed by atoms with Crippen LogP contribution in [0.25, 0.3) is 0 Å². The molecule has 0 aliphatic carbocycles. The van der Waals surface area contributed by atoms with Gasteiger partial charge in [-0.3, -0.25) is 0 Å². The van der Waals surface area contributed by atoms with Gasteiger partial charge in [0.2, 0.25) is 0 Å². The van der Waals surface area contributed by atoms with Gasteiger partial charge < -0.3 is 22.0 Å². The van der Waals surface area contributed by atoms with Crippen LogP contribution in [-0.4, -0.2) is 41.4 Å². The average Bonchev–Trinajstić information content (AvgIpc) is 1.85. The first-order valence-corrected chi connectivity index (χ1v) is 4.70. The van der Waals surface area contributed by atoms with Crippen LogP contribution < -0.4 is 12.4 Å². The summed E-state index contributed by atoms with van der Waals surface area (Å²) in [7, 11) is 0. The van der Waals surface area contributed by atoms with Crippen molar-refractivity contribution in [3.05, 3.63) is 0 Å². The highest BCUT2D eigenvalue weighted by Gasteiger charge is 2.51. The molecule has 0 aromatic carbocycles. The first-order chi connectivity index (χ1) is 5.12. The topological polar surface area (TPSA) is 20.2 Å². The highest BCUT2D eigenvalue weighted by molar-refractivity contribution is 4.82. The molecule has 2 heterocycles. The first-order valence-electron chi connectivity index (χ1n) is 4.70. The van der Waals surface area contributed by atoms with Gasteiger partial charge >= 0.3 is 0 Å². The molecule has 0 radical (unpaired) electrons. The number of piperidine rings is 1. The summed E-state index contributed by atoms with van der Waals surface area (Å²) in [4.78, 5) is 0. The lowest BCUT2D eigenvalue weighted by molar-refractivity contribution is -0.985. The Balaban J connectivity index is 0.000000720. The van der Waals surface area contributed by atoms with Gasteiger partial charge in [0.1, 0.15) is 13.1 Å². The number of halogens is 1. The molecule has 0 aromatic heterocycles. The van der Waals surface area contributed by atoms with Gasteiger partial charge in [0.05, 0.1) is 13.1 Å². The number of quaternary nitrogens is 1. The Morgan fingerprint density at radius 2 is 1.58 bits per heavy atom. The van der Waals surface area contributed by atoms with Gasteiger partial charge in [-0.1, -0.05) is 0 Å². The van der Waals surface area contributed by atoms with E-state index < -0.39 is 0 Å². The Hall–Kier alpha value is 0.210. The Morgan fingerprint density at radius 3 is 2.00 bits per heavy atom. The molecule has 1 spiro atoms. The number of hydrogen-bond donors (Lipinski definition) is 1. The molecule has 0 atom stereocenters. The van der Waals surface area contributed by atoms with Crippen molar-refractivity contribution in [3.8, 4) is 0 Å². The minimum absolute atomic E-state index is 0. The zero-order chi connectivity index (χ0) is 7.95. The lowest BCUT2D eigenvalue weighted by Gasteiger charge is -2.55. The van der Waals surface area contributed by atoms with Crippen LogP contribution >= 0.6 is 0 Å². The second kappa shape index (κ2) is 3.17. The quantitative estimate of drug-likeness (QED) is 0.430. The maximum Gasteiger partial charge on any atom is 0.159 e. The SMILES string of the molecule is CC1(O)C[N+]2(CCCCC2)C1.[Cl-]. The van der Waals surface area contributed by atoms with Crippen LogP contribution in [0.1, 0.15) is 26.2 Å². The summed E-state index contributed by atoms with van der Waals surface area (Å²) < 4.78 is 1.22. The maximum absolute atomic E-state index is 9.62. The van der Waals surface area contributed by atoms with E-state index in [1.54, 1.807) is 0 Å². The lowest BCUT2D eigenvalue weighted by atomic mass is 9.89. The summed E-state index contributed by atoms with van der Waals surface area (Å²) >= 11 is 0. The molecular weight excluding hydrogens is 174 g/mol. The van der Waals surface area contributed by atoms with E-state index in [1.165, 1.54) is 36.8 Å². The van der Waals surface area contributed by atoms with Crippen LogP contribution in [0.5, 0.6) is 0 Å². The fourth-order valence-corrected chi connectivity index (χ4v) is 2.90. The standard InChI is InChI=1S/C9H18NO.ClH/c1-9(11)7-10(8-9)5-3-2-4-6-10;/h11H,2-8H2,1H3;1H/q+1;/p-1. The van der Waals surface area contributed by atoms with E-state index in [1.807, 2.05) is 6.92 Å². The fourth-order valence-electron chi connectivity index (χ4n) is 2.90. The van der Waals surface area contributed by atoms with E-state index in [2.05, 4.69) is 0 Å². The average molecular weight is 192 g/mol. The third kappa shape index (κ3) is 1.76. The lowest BCUT2D eigenvalue weighted by Crippen LogP contribution is -3.00. The van der Waals surface area contributed by atoms with Crippen molar-refractivity contribution in [1.82, 2.24) is 0 Å². The third-order valence-electron chi connectivity index (χ3n) is 3.12. The van der Waals surface area contributed by atoms with Gasteiger partial charge in [0.15, 0.2) is 5.60 Å². The minimum Gasteiger partial charge on any atom is -1.00 e. The fraction of sp³-hybridized carbons (Fsp3) is 1.00. The summed E-state index contributed by atoms with van der Waals surface area (Å²) in [5.41, 5.74) is -0.336. The van der Waals surface area contributed by atoms with Gasteiger partial charge in [0, 0.05) is 0 Å². The van der Waals surface area contributed by atoms with Crippen molar-refractivity contribution in [2.45, 2.75) is 31.8 Å². The van der Waals surface area contributed by atoms with Gasteiger partial charge in [-0.05, 0) is 26.2 Å². The van der Waals surface area contributed by atoms with Crippen molar-refractivity contribution in [2.75, 3.05) is 26.2 Å². The number of hydrogen-bond acceptors (Lipinski definition) is 1. The predicted octanol–water partition coefficient (Wildman–Crippen LogP) is -2.24. The van der Waals surface area contributed by atoms with E-state index in [9.17, 15) is 5.11 Å². The van der Waals surface area contributed by atoms with Crippen LogP contribution in [0.4, 0.5) is 0 Å². The number of rotatable bonds is 0. The van der Waals surface area contributed by atoms with Gasteiger partial charge in [-0.2, -0.15) is 0 Å². The highest BCUT2D eigenvalue weighted by Crippen LogP contribution is 2.33. The van der Waals surface area contributed by atoms with Crippen LogP contribution in [0.15, 0.2) is 0 Å². The summed E-state index contributed by atoms with van der Waals surface area (Å²) in [5, 5.41) is 9.62. The molecule has 2 aliphatic heterocycles. The monoisotopic (exact) mass is 191 g/mol. The molecule has 0 unspecified atom stereocenters. The summed E-state index contributed by atoms with van der Waals surface area (Å²) in [6, 6.07) is 0. The molecule has 2 fully saturated rings. The first kappa shape index (κ1) is 10.3. The van der Waals surface area contributed by atoms with Crippen LogP contribution in [-0.2, 0) is 0 Å². The summed E-state index contributed by atoms with van der Waals surface area (Å²) in [5.74, 6) is 0. The Bertz CT molecular complexity index is 154. The van der Waals surface area contributed by atoms with Crippen LogP contribution in [0, 0.1) is 0 Å². The van der Waals surface area contributed by atoms with E-state index in [-0.39, 0.29) is 18.0 Å². The van der Waals surface area contributed by atoms with Crippen LogP contribution in [0.3, 0.4) is 0 Å². The van der Waals surface area contributed by atoms with Crippen molar-refractivity contribution in [1.29, 1.82) is 0 Å². The van der Waals surface area contributed by atoms with Crippen molar-refractivity contribution in [3.63, 3.8) is 0 Å². The summed E-state index contributed by atoms with van der Waals surface area (Å²) in [6.07, 6.45) is 4.15. The van der Waals surface area contributed by atoms with Gasteiger partial charge in [-0.15, -0.1) is 0 Å². The normalized spacial score (nSPS) is 30.5. The summed E-state index contributed by atoms with van der Waals surface area (Å²) in [6.45, 7) is 6.61. The second-order valence-electron chi connectivity index (χ2n) is 4.66. The smallest absolute Gasteiger partial charge is 0.159 e. The Morgan fingerprint density at radius 1 is 1.08 bits per heavy atom. The van der Waals surface area contributed by atoms with Crippen LogP contribution in [0.2, 0.25) is 0 Å². The molecule has 0 bridgehead atoms. The predicted molar refractivity (Wildman–Crippen MR) is 44.2 cm³/mol. The molecule has 2 saturated heterocycles. The zero-order valence-electron chi connectivity index (χ0n) is 7.72. The highest BCUT2D eigenvalue weighted by atomic mass is 35.5. The molecule has 3 heteroatoms. The van der Waals surface area contributed by atoms with Crippen molar-refractivity contribution < 1.29 is 22.0 Å².